The molecule has 2 heterocycles. The predicted molar refractivity (Wildman–Crippen MR) is 132 cm³/mol. The average Bonchev–Trinajstić information content (AvgIpc) is 3.35. The molecule has 5 nitrogen and oxygen atoms in total. The minimum atomic E-state index is 0. The Labute approximate surface area is 190 Å². The molecule has 0 bridgehead atoms. The number of nitrogens with one attached hydrogen (secondary N) is 3. The van der Waals surface area contributed by atoms with Gasteiger partial charge < -0.3 is 15.6 Å². The lowest BCUT2D eigenvalue weighted by atomic mass is 10.2. The van der Waals surface area contributed by atoms with Crippen LogP contribution in [-0.2, 0) is 13.1 Å². The third-order valence-electron chi connectivity index (χ3n) is 5.49. The van der Waals surface area contributed by atoms with Crippen LogP contribution in [0, 0.1) is 0 Å². The molecule has 6 heteroatoms. The Kier molecular flexibility index (Phi) is 7.94. The van der Waals surface area contributed by atoms with Crippen molar-refractivity contribution in [2.75, 3.05) is 20.1 Å². The Morgan fingerprint density at radius 2 is 1.90 bits per heavy atom. The van der Waals surface area contributed by atoms with E-state index in [4.69, 9.17) is 0 Å². The second kappa shape index (κ2) is 10.6. The zero-order valence-electron chi connectivity index (χ0n) is 16.9. The van der Waals surface area contributed by atoms with Gasteiger partial charge in [-0.2, -0.15) is 0 Å². The van der Waals surface area contributed by atoms with Gasteiger partial charge in [-0.1, -0.05) is 48.5 Å². The third kappa shape index (κ3) is 5.73. The van der Waals surface area contributed by atoms with Crippen molar-refractivity contribution in [1.82, 2.24) is 20.5 Å². The van der Waals surface area contributed by atoms with Gasteiger partial charge in [0.2, 0.25) is 0 Å². The Morgan fingerprint density at radius 1 is 1.10 bits per heavy atom. The summed E-state index contributed by atoms with van der Waals surface area (Å²) >= 11 is 0. The van der Waals surface area contributed by atoms with Crippen LogP contribution in [0.2, 0.25) is 0 Å². The molecule has 1 aromatic heterocycles. The maximum Gasteiger partial charge on any atom is 0.191 e. The van der Waals surface area contributed by atoms with Gasteiger partial charge in [-0.15, -0.1) is 24.0 Å². The first-order chi connectivity index (χ1) is 13.8. The predicted octanol–water partition coefficient (Wildman–Crippen LogP) is 4.12. The third-order valence-corrected chi connectivity index (χ3v) is 5.49. The topological polar surface area (TPSA) is 55.5 Å². The number of aromatic amines is 1. The minimum Gasteiger partial charge on any atom is -0.357 e. The monoisotopic (exact) mass is 503 g/mol. The number of rotatable bonds is 6. The maximum atomic E-state index is 4.39. The zero-order chi connectivity index (χ0) is 19.2. The van der Waals surface area contributed by atoms with Gasteiger partial charge in [0.1, 0.15) is 0 Å². The molecule has 3 N–H and O–H groups in total. The van der Waals surface area contributed by atoms with Crippen molar-refractivity contribution in [2.45, 2.75) is 32.0 Å². The van der Waals surface area contributed by atoms with E-state index in [-0.39, 0.29) is 24.0 Å². The van der Waals surface area contributed by atoms with Crippen LogP contribution in [0.3, 0.4) is 0 Å². The standard InChI is InChI=1S/C23H29N5.HI/c1-24-23(25-15-20-14-19-10-5-6-12-22(19)27-20)26-16-21-11-7-13-28(21)17-18-8-3-2-4-9-18;/h2-6,8-10,12,14,21,27H,7,11,13,15-17H2,1H3,(H2,24,25,26);1H. The summed E-state index contributed by atoms with van der Waals surface area (Å²) in [4.78, 5) is 10.4. The molecule has 1 unspecified atom stereocenters. The Morgan fingerprint density at radius 3 is 2.69 bits per heavy atom. The first kappa shape index (κ1) is 21.6. The highest BCUT2D eigenvalue weighted by atomic mass is 127. The summed E-state index contributed by atoms with van der Waals surface area (Å²) in [5, 5.41) is 8.18. The Balaban J connectivity index is 0.00000240. The normalized spacial score (nSPS) is 17.3. The quantitative estimate of drug-likeness (QED) is 0.270. The number of hydrogen-bond donors (Lipinski definition) is 3. The highest BCUT2D eigenvalue weighted by Crippen LogP contribution is 2.19. The van der Waals surface area contributed by atoms with Gasteiger partial charge in [-0.25, -0.2) is 0 Å². The van der Waals surface area contributed by atoms with Crippen LogP contribution in [0.4, 0.5) is 0 Å². The van der Waals surface area contributed by atoms with Gasteiger partial charge in [0, 0.05) is 37.4 Å². The van der Waals surface area contributed by atoms with Crippen molar-refractivity contribution < 1.29 is 0 Å². The van der Waals surface area contributed by atoms with Gasteiger partial charge in [0.25, 0.3) is 0 Å². The molecule has 1 atom stereocenters. The summed E-state index contributed by atoms with van der Waals surface area (Å²) in [6.45, 7) is 3.84. The largest absolute Gasteiger partial charge is 0.357 e. The van der Waals surface area contributed by atoms with E-state index in [2.05, 4.69) is 86.2 Å². The molecule has 1 aliphatic heterocycles. The number of aliphatic imine (C=N–C) groups is 1. The summed E-state index contributed by atoms with van der Waals surface area (Å²) in [6, 6.07) is 21.8. The number of benzene rings is 2. The van der Waals surface area contributed by atoms with Gasteiger partial charge in [0.15, 0.2) is 5.96 Å². The van der Waals surface area contributed by atoms with Crippen molar-refractivity contribution in [1.29, 1.82) is 0 Å². The highest BCUT2D eigenvalue weighted by Gasteiger charge is 2.24. The van der Waals surface area contributed by atoms with E-state index in [1.54, 1.807) is 0 Å². The number of guanidine groups is 1. The SMILES string of the molecule is CN=C(NCc1cc2ccccc2[nH]1)NCC1CCCN1Cc1ccccc1.I. The summed E-state index contributed by atoms with van der Waals surface area (Å²) in [5.74, 6) is 0.852. The molecule has 154 valence electrons. The maximum absolute atomic E-state index is 4.39. The van der Waals surface area contributed by atoms with Crippen LogP contribution in [0.25, 0.3) is 10.9 Å². The molecule has 1 saturated heterocycles. The lowest BCUT2D eigenvalue weighted by molar-refractivity contribution is 0.245. The van der Waals surface area contributed by atoms with Crippen LogP contribution >= 0.6 is 24.0 Å². The smallest absolute Gasteiger partial charge is 0.191 e. The molecule has 3 aromatic rings. The second-order valence-corrected chi connectivity index (χ2v) is 7.44. The van der Waals surface area contributed by atoms with Gasteiger partial charge in [-0.3, -0.25) is 9.89 Å². The molecule has 0 aliphatic carbocycles. The molecule has 4 rings (SSSR count). The van der Waals surface area contributed by atoms with E-state index >= 15 is 0 Å². The van der Waals surface area contributed by atoms with Crippen LogP contribution in [0.15, 0.2) is 65.7 Å². The molecule has 0 spiro atoms. The number of hydrogen-bond acceptors (Lipinski definition) is 2. The fraction of sp³-hybridized carbons (Fsp3) is 0.348. The van der Waals surface area contributed by atoms with Gasteiger partial charge in [0.05, 0.1) is 6.54 Å². The minimum absolute atomic E-state index is 0. The number of likely N-dealkylation sites (tertiary alicyclic amines) is 1. The molecule has 0 saturated carbocycles. The van der Waals surface area contributed by atoms with Gasteiger partial charge in [-0.05, 0) is 42.5 Å². The molecule has 29 heavy (non-hydrogen) atoms. The summed E-state index contributed by atoms with van der Waals surface area (Å²) in [7, 11) is 1.83. The molecular weight excluding hydrogens is 473 g/mol. The average molecular weight is 503 g/mol. The van der Waals surface area contributed by atoms with Crippen LogP contribution in [-0.4, -0.2) is 42.0 Å². The van der Waals surface area contributed by atoms with Crippen molar-refractivity contribution in [3.05, 3.63) is 71.9 Å². The molecular formula is C23H30IN5. The molecule has 1 fully saturated rings. The van der Waals surface area contributed by atoms with E-state index in [0.29, 0.717) is 6.04 Å². The number of fused-ring (bicyclic) bond motifs is 1. The van der Waals surface area contributed by atoms with E-state index in [0.717, 1.165) is 31.3 Å². The van der Waals surface area contributed by atoms with E-state index in [1.165, 1.54) is 35.9 Å². The van der Waals surface area contributed by atoms with E-state index in [1.807, 2.05) is 7.05 Å². The summed E-state index contributed by atoms with van der Waals surface area (Å²) < 4.78 is 0. The number of halogens is 1. The molecule has 2 aromatic carbocycles. The fourth-order valence-corrected chi connectivity index (χ4v) is 4.00. The van der Waals surface area contributed by atoms with Crippen LogP contribution < -0.4 is 10.6 Å². The lowest BCUT2D eigenvalue weighted by Crippen LogP contribution is -2.44. The van der Waals surface area contributed by atoms with Gasteiger partial charge >= 0.3 is 0 Å². The second-order valence-electron chi connectivity index (χ2n) is 7.44. The Hall–Kier alpha value is -2.06. The summed E-state index contributed by atoms with van der Waals surface area (Å²) in [5.41, 5.74) is 3.72. The molecule has 0 amide bonds. The first-order valence-electron chi connectivity index (χ1n) is 10.1. The van der Waals surface area contributed by atoms with E-state index in [9.17, 15) is 0 Å². The lowest BCUT2D eigenvalue weighted by Gasteiger charge is -2.25. The van der Waals surface area contributed by atoms with Crippen molar-refractivity contribution in [2.24, 2.45) is 4.99 Å². The fourth-order valence-electron chi connectivity index (χ4n) is 4.00. The first-order valence-corrected chi connectivity index (χ1v) is 10.1. The number of nitrogens with zero attached hydrogens (tertiary/aromatic N) is 2. The number of H-pyrrole nitrogens is 1. The van der Waals surface area contributed by atoms with Crippen molar-refractivity contribution in [3.8, 4) is 0 Å². The number of aromatic nitrogens is 1. The zero-order valence-corrected chi connectivity index (χ0v) is 19.2. The Bertz CT molecular complexity index is 888. The van der Waals surface area contributed by atoms with E-state index < -0.39 is 0 Å². The van der Waals surface area contributed by atoms with Crippen molar-refractivity contribution >= 4 is 40.8 Å². The number of para-hydroxylation sites is 1. The molecule has 0 radical (unpaired) electrons. The highest BCUT2D eigenvalue weighted by molar-refractivity contribution is 14.0. The van der Waals surface area contributed by atoms with Crippen LogP contribution in [0.1, 0.15) is 24.1 Å². The summed E-state index contributed by atoms with van der Waals surface area (Å²) in [6.07, 6.45) is 2.50. The van der Waals surface area contributed by atoms with Crippen molar-refractivity contribution in [3.63, 3.8) is 0 Å². The van der Waals surface area contributed by atoms with Crippen LogP contribution in [0.5, 0.6) is 0 Å². The molecule has 1 aliphatic rings.